The van der Waals surface area contributed by atoms with E-state index in [1.165, 1.54) is 11.0 Å². The molecule has 2 fully saturated rings. The highest BCUT2D eigenvalue weighted by Gasteiger charge is 2.36. The van der Waals surface area contributed by atoms with Gasteiger partial charge in [0.2, 0.25) is 5.91 Å². The molecule has 2 amide bonds. The smallest absolute Gasteiger partial charge is 0.285 e. The van der Waals surface area contributed by atoms with Gasteiger partial charge in [0, 0.05) is 54.6 Å². The van der Waals surface area contributed by atoms with Gasteiger partial charge in [-0.3, -0.25) is 19.1 Å². The number of likely N-dealkylation sites (tertiary alicyclic amines) is 1. The van der Waals surface area contributed by atoms with Gasteiger partial charge in [-0.15, -0.1) is 0 Å². The lowest BCUT2D eigenvalue weighted by atomic mass is 9.92. The number of piperidine rings is 1. The first kappa shape index (κ1) is 27.3. The molecule has 2 aliphatic heterocycles. The molecule has 0 bridgehead atoms. The molecule has 3 N–H and O–H groups in total. The van der Waals surface area contributed by atoms with E-state index in [1.807, 2.05) is 44.4 Å². The topological polar surface area (TPSA) is 145 Å². The number of carbonyl (C=O) groups is 2. The fraction of sp³-hybridized carbons (Fsp3) is 0.333. The van der Waals surface area contributed by atoms with Gasteiger partial charge in [0.05, 0.1) is 5.69 Å². The second kappa shape index (κ2) is 10.7. The van der Waals surface area contributed by atoms with Crippen LogP contribution in [0.1, 0.15) is 59.8 Å². The van der Waals surface area contributed by atoms with Crippen molar-refractivity contribution in [2.24, 2.45) is 5.92 Å². The first-order valence-corrected chi connectivity index (χ1v) is 15.6. The van der Waals surface area contributed by atoms with Crippen molar-refractivity contribution >= 4 is 28.8 Å². The van der Waals surface area contributed by atoms with E-state index in [0.717, 1.165) is 73.2 Å². The van der Waals surface area contributed by atoms with Crippen LogP contribution >= 0.6 is 0 Å². The molecular formula is C33H33N9O3. The molecule has 0 spiro atoms. The normalized spacial score (nSPS) is 16.7. The Morgan fingerprint density at radius 2 is 1.76 bits per heavy atom. The zero-order valence-corrected chi connectivity index (χ0v) is 24.7. The van der Waals surface area contributed by atoms with Crippen LogP contribution in [-0.2, 0) is 17.8 Å². The van der Waals surface area contributed by atoms with Crippen molar-refractivity contribution in [2.75, 3.05) is 24.1 Å². The summed E-state index contributed by atoms with van der Waals surface area (Å²) >= 11 is 0. The number of rotatable bonds is 6. The van der Waals surface area contributed by atoms with Crippen molar-refractivity contribution in [1.29, 1.82) is 0 Å². The standard InChI is InChI=1S/C33H33N9O3/c34-30-29-24(18-26(41(29)37-19-36-30)21-12-16-39(17-13-21)32(44)22-6-7-22)20-8-10-23(11-9-20)38-31(43)28-25-4-3-15-40(25)42(33(28)45)27-5-1-2-14-35-27/h1-2,5,8-11,14,18-19,21-22H,3-4,6-7,12-13,15-17H2,(H,38,43)(H2,34,36,37). The number of amides is 2. The Bertz CT molecular complexity index is 2000. The third-order valence-corrected chi connectivity index (χ3v) is 9.34. The van der Waals surface area contributed by atoms with E-state index >= 15 is 0 Å². The van der Waals surface area contributed by atoms with Crippen LogP contribution in [0.25, 0.3) is 22.5 Å². The molecular weight excluding hydrogens is 570 g/mol. The van der Waals surface area contributed by atoms with Crippen LogP contribution in [-0.4, -0.2) is 58.7 Å². The summed E-state index contributed by atoms with van der Waals surface area (Å²) in [4.78, 5) is 50.1. The van der Waals surface area contributed by atoms with E-state index in [0.29, 0.717) is 36.2 Å². The van der Waals surface area contributed by atoms with Gasteiger partial charge in [-0.2, -0.15) is 9.78 Å². The highest BCUT2D eigenvalue weighted by molar-refractivity contribution is 6.05. The first-order chi connectivity index (χ1) is 22.0. The molecule has 0 atom stereocenters. The zero-order chi connectivity index (χ0) is 30.7. The molecule has 5 aromatic rings. The Morgan fingerprint density at radius 3 is 2.49 bits per heavy atom. The Balaban J connectivity index is 1.05. The summed E-state index contributed by atoms with van der Waals surface area (Å²) in [5, 5.41) is 7.49. The predicted molar refractivity (Wildman–Crippen MR) is 168 cm³/mol. The molecule has 3 aliphatic rings. The van der Waals surface area contributed by atoms with E-state index in [9.17, 15) is 14.4 Å². The maximum Gasteiger partial charge on any atom is 0.285 e. The van der Waals surface area contributed by atoms with Gasteiger partial charge in [-0.25, -0.2) is 14.5 Å². The minimum Gasteiger partial charge on any atom is -0.382 e. The minimum atomic E-state index is -0.436. The highest BCUT2D eigenvalue weighted by Crippen LogP contribution is 2.38. The lowest BCUT2D eigenvalue weighted by molar-refractivity contribution is -0.133. The Labute approximate surface area is 258 Å². The van der Waals surface area contributed by atoms with Gasteiger partial charge < -0.3 is 16.0 Å². The van der Waals surface area contributed by atoms with Gasteiger partial charge in [0.25, 0.3) is 11.5 Å². The van der Waals surface area contributed by atoms with E-state index in [1.54, 1.807) is 18.3 Å². The number of aromatic nitrogens is 6. The lowest BCUT2D eigenvalue weighted by Gasteiger charge is -2.32. The number of hydrogen-bond acceptors (Lipinski definition) is 7. The molecule has 4 aromatic heterocycles. The zero-order valence-electron chi connectivity index (χ0n) is 24.7. The number of hydrogen-bond donors (Lipinski definition) is 2. The second-order valence-corrected chi connectivity index (χ2v) is 12.1. The summed E-state index contributed by atoms with van der Waals surface area (Å²) in [6.07, 6.45) is 8.38. The molecule has 1 aliphatic carbocycles. The van der Waals surface area contributed by atoms with Gasteiger partial charge >= 0.3 is 0 Å². The van der Waals surface area contributed by atoms with Crippen LogP contribution in [0.4, 0.5) is 11.5 Å². The maximum absolute atomic E-state index is 13.5. The summed E-state index contributed by atoms with van der Waals surface area (Å²) in [5.74, 6) is 1.21. The molecule has 228 valence electrons. The van der Waals surface area contributed by atoms with Crippen LogP contribution in [0.2, 0.25) is 0 Å². The molecule has 1 aromatic carbocycles. The number of nitrogens with one attached hydrogen (secondary N) is 1. The number of benzene rings is 1. The number of carbonyl (C=O) groups excluding carboxylic acids is 2. The Kier molecular flexibility index (Phi) is 6.50. The predicted octanol–water partition coefficient (Wildman–Crippen LogP) is 3.64. The SMILES string of the molecule is Nc1ncnn2c(C3CCN(C(=O)C4CC4)CC3)cc(-c3ccc(NC(=O)c4c5n(n(-c6ccccn6)c4=O)CCC5)cc3)c12. The monoisotopic (exact) mass is 603 g/mol. The van der Waals surface area contributed by atoms with Crippen LogP contribution in [0, 0.1) is 5.92 Å². The fourth-order valence-corrected chi connectivity index (χ4v) is 6.92. The molecule has 12 nitrogen and oxygen atoms in total. The van der Waals surface area contributed by atoms with E-state index < -0.39 is 5.91 Å². The molecule has 1 saturated heterocycles. The number of nitrogen functional groups attached to an aromatic ring is 1. The highest BCUT2D eigenvalue weighted by atomic mass is 16.2. The summed E-state index contributed by atoms with van der Waals surface area (Å²) in [5.41, 5.74) is 11.1. The summed E-state index contributed by atoms with van der Waals surface area (Å²) < 4.78 is 5.24. The van der Waals surface area contributed by atoms with E-state index in [-0.39, 0.29) is 23.0 Å². The van der Waals surface area contributed by atoms with Crippen LogP contribution in [0.3, 0.4) is 0 Å². The van der Waals surface area contributed by atoms with Crippen molar-refractivity contribution in [3.8, 4) is 16.9 Å². The Morgan fingerprint density at radius 1 is 0.956 bits per heavy atom. The van der Waals surface area contributed by atoms with Crippen LogP contribution in [0.15, 0.2) is 65.8 Å². The van der Waals surface area contributed by atoms with Gasteiger partial charge in [-0.05, 0) is 74.4 Å². The van der Waals surface area contributed by atoms with Crippen molar-refractivity contribution in [1.82, 2.24) is 33.8 Å². The number of nitrogens with zero attached hydrogens (tertiary/aromatic N) is 7. The van der Waals surface area contributed by atoms with Crippen molar-refractivity contribution in [3.63, 3.8) is 0 Å². The Hall–Kier alpha value is -5.26. The molecule has 0 radical (unpaired) electrons. The third-order valence-electron chi connectivity index (χ3n) is 9.34. The molecule has 1 saturated carbocycles. The number of nitrogens with two attached hydrogens (primary N) is 1. The molecule has 6 heterocycles. The van der Waals surface area contributed by atoms with Gasteiger partial charge in [0.1, 0.15) is 17.4 Å². The quantitative estimate of drug-likeness (QED) is 0.301. The summed E-state index contributed by atoms with van der Waals surface area (Å²) in [7, 11) is 0. The van der Waals surface area contributed by atoms with Crippen molar-refractivity contribution in [2.45, 2.75) is 51.0 Å². The average molecular weight is 604 g/mol. The maximum atomic E-state index is 13.5. The number of pyridine rings is 1. The van der Waals surface area contributed by atoms with Crippen molar-refractivity contribution in [3.05, 3.63) is 88.4 Å². The largest absolute Gasteiger partial charge is 0.382 e. The van der Waals surface area contributed by atoms with E-state index in [2.05, 4.69) is 26.4 Å². The average Bonchev–Trinajstić information content (AvgIpc) is 3.58. The minimum absolute atomic E-state index is 0.153. The second-order valence-electron chi connectivity index (χ2n) is 12.1. The van der Waals surface area contributed by atoms with Gasteiger partial charge in [-0.1, -0.05) is 18.2 Å². The van der Waals surface area contributed by atoms with E-state index in [4.69, 9.17) is 5.73 Å². The number of fused-ring (bicyclic) bond motifs is 2. The molecule has 12 heteroatoms. The molecule has 45 heavy (non-hydrogen) atoms. The number of anilines is 2. The summed E-state index contributed by atoms with van der Waals surface area (Å²) in [6, 6.07) is 15.0. The first-order valence-electron chi connectivity index (χ1n) is 15.6. The van der Waals surface area contributed by atoms with Gasteiger partial charge in [0.15, 0.2) is 11.6 Å². The lowest BCUT2D eigenvalue weighted by Crippen LogP contribution is -2.39. The fourth-order valence-electron chi connectivity index (χ4n) is 6.92. The van der Waals surface area contributed by atoms with Crippen molar-refractivity contribution < 1.29 is 9.59 Å². The third kappa shape index (κ3) is 4.68. The van der Waals surface area contributed by atoms with Crippen LogP contribution in [0.5, 0.6) is 0 Å². The van der Waals surface area contributed by atoms with Crippen LogP contribution < -0.4 is 16.6 Å². The molecule has 0 unspecified atom stereocenters. The molecule has 8 rings (SSSR count). The summed E-state index contributed by atoms with van der Waals surface area (Å²) in [6.45, 7) is 2.15.